The minimum Gasteiger partial charge on any atom is -0.507 e. The van der Waals surface area contributed by atoms with Crippen molar-refractivity contribution in [1.29, 1.82) is 0 Å². The summed E-state index contributed by atoms with van der Waals surface area (Å²) in [5, 5.41) is 9.54. The minimum absolute atomic E-state index is 0.0599. The molecule has 4 heteroatoms. The number of carbonyl (C=O) groups is 1. The highest BCUT2D eigenvalue weighted by molar-refractivity contribution is 9.10. The smallest absolute Gasteiger partial charge is 0.342 e. The van der Waals surface area contributed by atoms with Crippen molar-refractivity contribution in [3.8, 4) is 5.75 Å². The number of carbonyl (C=O) groups excluding carboxylic acids is 1. The van der Waals surface area contributed by atoms with Crippen LogP contribution in [-0.2, 0) is 4.74 Å². The van der Waals surface area contributed by atoms with Gasteiger partial charge in [-0.1, -0.05) is 15.9 Å². The van der Waals surface area contributed by atoms with Crippen LogP contribution in [0.4, 0.5) is 0 Å². The van der Waals surface area contributed by atoms with Gasteiger partial charge in [-0.3, -0.25) is 0 Å². The Morgan fingerprint density at radius 2 is 2.21 bits per heavy atom. The number of benzene rings is 1. The van der Waals surface area contributed by atoms with E-state index in [1.54, 1.807) is 19.9 Å². The fraction of sp³-hybridized carbons (Fsp3) is 0.300. The highest BCUT2D eigenvalue weighted by Gasteiger charge is 2.15. The third-order valence-electron chi connectivity index (χ3n) is 1.76. The van der Waals surface area contributed by atoms with E-state index in [1.807, 2.05) is 0 Å². The van der Waals surface area contributed by atoms with Crippen molar-refractivity contribution in [3.63, 3.8) is 0 Å². The van der Waals surface area contributed by atoms with Crippen molar-refractivity contribution < 1.29 is 14.6 Å². The van der Waals surface area contributed by atoms with Crippen LogP contribution in [0.25, 0.3) is 0 Å². The fourth-order valence-electron chi connectivity index (χ4n) is 1.19. The Kier molecular flexibility index (Phi) is 3.52. The fourth-order valence-corrected chi connectivity index (χ4v) is 1.75. The third-order valence-corrected chi connectivity index (χ3v) is 2.22. The molecule has 0 aliphatic rings. The number of aromatic hydroxyl groups is 1. The predicted molar refractivity (Wildman–Crippen MR) is 56.5 cm³/mol. The molecule has 0 spiro atoms. The summed E-state index contributed by atoms with van der Waals surface area (Å²) >= 11 is 3.22. The van der Waals surface area contributed by atoms with Crippen LogP contribution in [-0.4, -0.2) is 17.7 Å². The number of hydrogen-bond acceptors (Lipinski definition) is 3. The first-order valence-corrected chi connectivity index (χ1v) is 5.01. The van der Waals surface area contributed by atoms with E-state index in [4.69, 9.17) is 4.74 Å². The maximum atomic E-state index is 11.4. The number of phenols is 1. The lowest BCUT2D eigenvalue weighted by Crippen LogP contribution is -2.07. The van der Waals surface area contributed by atoms with Crippen LogP contribution in [0.3, 0.4) is 0 Å². The molecule has 0 unspecified atom stereocenters. The van der Waals surface area contributed by atoms with Gasteiger partial charge in [0.25, 0.3) is 0 Å². The van der Waals surface area contributed by atoms with E-state index < -0.39 is 5.97 Å². The molecule has 0 saturated carbocycles. The van der Waals surface area contributed by atoms with Crippen LogP contribution < -0.4 is 0 Å². The number of rotatable bonds is 2. The molecule has 0 saturated heterocycles. The summed E-state index contributed by atoms with van der Waals surface area (Å²) < 4.78 is 5.55. The summed E-state index contributed by atoms with van der Waals surface area (Å²) in [5.41, 5.74) is 0.922. The van der Waals surface area contributed by atoms with E-state index in [1.165, 1.54) is 6.07 Å². The average Bonchev–Trinajstić information content (AvgIpc) is 2.01. The molecular formula is C10H11BrO3. The van der Waals surface area contributed by atoms with Crippen LogP contribution >= 0.6 is 15.9 Å². The lowest BCUT2D eigenvalue weighted by atomic mass is 10.1. The molecule has 0 fully saturated rings. The summed E-state index contributed by atoms with van der Waals surface area (Å²) in [6.45, 7) is 3.77. The van der Waals surface area contributed by atoms with Gasteiger partial charge >= 0.3 is 5.97 Å². The van der Waals surface area contributed by atoms with Crippen LogP contribution in [0.2, 0.25) is 0 Å². The Morgan fingerprint density at radius 1 is 1.57 bits per heavy atom. The number of halogens is 1. The zero-order valence-electron chi connectivity index (χ0n) is 8.00. The summed E-state index contributed by atoms with van der Waals surface area (Å²) in [4.78, 5) is 11.4. The van der Waals surface area contributed by atoms with Crippen molar-refractivity contribution in [2.45, 2.75) is 13.8 Å². The summed E-state index contributed by atoms with van der Waals surface area (Å²) in [6, 6.07) is 3.23. The van der Waals surface area contributed by atoms with Crippen molar-refractivity contribution in [3.05, 3.63) is 27.7 Å². The first kappa shape index (κ1) is 11.0. The van der Waals surface area contributed by atoms with Crippen molar-refractivity contribution >= 4 is 21.9 Å². The van der Waals surface area contributed by atoms with Gasteiger partial charge in [-0.15, -0.1) is 0 Å². The number of hydrogen-bond donors (Lipinski definition) is 1. The quantitative estimate of drug-likeness (QED) is 0.830. The van der Waals surface area contributed by atoms with Crippen molar-refractivity contribution in [2.75, 3.05) is 6.61 Å². The molecule has 1 N–H and O–H groups in total. The van der Waals surface area contributed by atoms with E-state index in [9.17, 15) is 9.90 Å². The van der Waals surface area contributed by atoms with Crippen LogP contribution in [0.1, 0.15) is 22.8 Å². The highest BCUT2D eigenvalue weighted by atomic mass is 79.9. The normalized spacial score (nSPS) is 9.93. The topological polar surface area (TPSA) is 46.5 Å². The van der Waals surface area contributed by atoms with Crippen LogP contribution in [0.15, 0.2) is 16.6 Å². The van der Waals surface area contributed by atoms with Crippen LogP contribution in [0.5, 0.6) is 5.75 Å². The zero-order chi connectivity index (χ0) is 10.7. The minimum atomic E-state index is -0.491. The van der Waals surface area contributed by atoms with Gasteiger partial charge in [0, 0.05) is 4.47 Å². The molecule has 0 aliphatic heterocycles. The van der Waals surface area contributed by atoms with Gasteiger partial charge in [0.05, 0.1) is 6.61 Å². The summed E-state index contributed by atoms with van der Waals surface area (Å²) in [5.74, 6) is -0.551. The molecule has 14 heavy (non-hydrogen) atoms. The van der Waals surface area contributed by atoms with Gasteiger partial charge in [-0.2, -0.15) is 0 Å². The standard InChI is InChI=1S/C10H11BrO3/c1-3-14-10(13)9-6(2)4-7(11)5-8(9)12/h4-5,12H,3H2,1-2H3. The first-order chi connectivity index (χ1) is 6.56. The Morgan fingerprint density at radius 3 is 2.71 bits per heavy atom. The maximum absolute atomic E-state index is 11.4. The first-order valence-electron chi connectivity index (χ1n) is 4.22. The number of phenolic OH excluding ortho intramolecular Hbond substituents is 1. The molecule has 1 aromatic rings. The van der Waals surface area contributed by atoms with Gasteiger partial charge in [0.2, 0.25) is 0 Å². The second-order valence-electron chi connectivity index (χ2n) is 2.84. The van der Waals surface area contributed by atoms with E-state index in [2.05, 4.69) is 15.9 Å². The Balaban J connectivity index is 3.14. The van der Waals surface area contributed by atoms with Crippen molar-refractivity contribution in [2.24, 2.45) is 0 Å². The Bertz CT molecular complexity index is 337. The van der Waals surface area contributed by atoms with Gasteiger partial charge < -0.3 is 9.84 Å². The lowest BCUT2D eigenvalue weighted by molar-refractivity contribution is 0.0522. The van der Waals surface area contributed by atoms with Gasteiger partial charge in [-0.05, 0) is 31.5 Å². The molecule has 0 aliphatic carbocycles. The predicted octanol–water partition coefficient (Wildman–Crippen LogP) is 2.64. The largest absolute Gasteiger partial charge is 0.507 e. The number of ether oxygens (including phenoxy) is 1. The number of aryl methyl sites for hydroxylation is 1. The molecule has 0 radical (unpaired) electrons. The molecule has 0 bridgehead atoms. The second kappa shape index (κ2) is 4.46. The summed E-state index contributed by atoms with van der Waals surface area (Å²) in [7, 11) is 0. The molecule has 76 valence electrons. The van der Waals surface area contributed by atoms with Gasteiger partial charge in [-0.25, -0.2) is 4.79 Å². The molecule has 0 heterocycles. The van der Waals surface area contributed by atoms with E-state index in [-0.39, 0.29) is 11.3 Å². The number of esters is 1. The Hall–Kier alpha value is -1.03. The van der Waals surface area contributed by atoms with Crippen molar-refractivity contribution in [1.82, 2.24) is 0 Å². The molecule has 3 nitrogen and oxygen atoms in total. The molecule has 1 aromatic carbocycles. The molecule has 0 amide bonds. The molecule has 0 aromatic heterocycles. The monoisotopic (exact) mass is 258 g/mol. The molecule has 1 rings (SSSR count). The van der Waals surface area contributed by atoms with Gasteiger partial charge in [0.15, 0.2) is 0 Å². The zero-order valence-corrected chi connectivity index (χ0v) is 9.59. The van der Waals surface area contributed by atoms with E-state index >= 15 is 0 Å². The molecular weight excluding hydrogens is 248 g/mol. The lowest BCUT2D eigenvalue weighted by Gasteiger charge is -2.07. The van der Waals surface area contributed by atoms with E-state index in [0.717, 1.165) is 4.47 Å². The van der Waals surface area contributed by atoms with Gasteiger partial charge in [0.1, 0.15) is 11.3 Å². The SMILES string of the molecule is CCOC(=O)c1c(C)cc(Br)cc1O. The third kappa shape index (κ3) is 2.26. The summed E-state index contributed by atoms with van der Waals surface area (Å²) in [6.07, 6.45) is 0. The van der Waals surface area contributed by atoms with E-state index in [0.29, 0.717) is 12.2 Å². The van der Waals surface area contributed by atoms with Crippen LogP contribution in [0, 0.1) is 6.92 Å². The maximum Gasteiger partial charge on any atom is 0.342 e. The average molecular weight is 259 g/mol. The second-order valence-corrected chi connectivity index (χ2v) is 3.75. The highest BCUT2D eigenvalue weighted by Crippen LogP contribution is 2.26. The Labute approximate surface area is 90.8 Å². The molecule has 0 atom stereocenters.